The number of pyridine rings is 1. The van der Waals surface area contributed by atoms with Crippen LogP contribution in [0.4, 0.5) is 10.3 Å². The molecule has 0 unspecified atom stereocenters. The predicted octanol–water partition coefficient (Wildman–Crippen LogP) is 4.18. The quantitative estimate of drug-likeness (QED) is 0.530. The van der Waals surface area contributed by atoms with Gasteiger partial charge in [0.25, 0.3) is 0 Å². The molecule has 30 heavy (non-hydrogen) atoms. The van der Waals surface area contributed by atoms with Crippen molar-refractivity contribution in [1.29, 1.82) is 0 Å². The number of aromatic nitrogens is 6. The topological polar surface area (TPSA) is 80.9 Å². The zero-order valence-corrected chi connectivity index (χ0v) is 17.9. The van der Waals surface area contributed by atoms with Crippen LogP contribution in [-0.4, -0.2) is 35.6 Å². The van der Waals surface area contributed by atoms with Gasteiger partial charge in [0.15, 0.2) is 11.5 Å². The molecule has 4 heterocycles. The minimum atomic E-state index is -0.413. The van der Waals surface area contributed by atoms with Gasteiger partial charge in [0.2, 0.25) is 5.95 Å². The van der Waals surface area contributed by atoms with E-state index in [2.05, 4.69) is 41.2 Å². The highest BCUT2D eigenvalue weighted by Gasteiger charge is 2.24. The van der Waals surface area contributed by atoms with Gasteiger partial charge < -0.3 is 5.32 Å². The fourth-order valence-corrected chi connectivity index (χ4v) is 4.93. The van der Waals surface area contributed by atoms with Gasteiger partial charge in [-0.3, -0.25) is 4.98 Å². The largest absolute Gasteiger partial charge is 0.351 e. The van der Waals surface area contributed by atoms with E-state index < -0.39 is 5.82 Å². The van der Waals surface area contributed by atoms with E-state index in [9.17, 15) is 4.39 Å². The Morgan fingerprint density at radius 2 is 2.07 bits per heavy atom. The van der Waals surface area contributed by atoms with Crippen LogP contribution in [-0.2, 0) is 12.8 Å². The highest BCUT2D eigenvalue weighted by atomic mass is 32.1. The standard InChI is InChI=1S/C21H22FN7S/c1-11(2)16-10-24-29-20(16)27-19(13-6-14(22)9-23-8-13)28-21(29)26-15-4-5-17-18(7-15)30-12(3)25-17/h6,8-11,15H,4-5,7H2,1-3H3,(H,26,27,28)/t15-/m0/s1. The predicted molar refractivity (Wildman–Crippen MR) is 114 cm³/mol. The maximum atomic E-state index is 13.8. The Morgan fingerprint density at radius 3 is 2.87 bits per heavy atom. The van der Waals surface area contributed by atoms with E-state index in [0.29, 0.717) is 17.3 Å². The molecule has 0 saturated heterocycles. The van der Waals surface area contributed by atoms with Crippen molar-refractivity contribution in [3.8, 4) is 11.4 Å². The molecule has 0 aliphatic heterocycles. The average Bonchev–Trinajstić information content (AvgIpc) is 3.30. The molecule has 0 aromatic carbocycles. The Morgan fingerprint density at radius 1 is 1.20 bits per heavy atom. The van der Waals surface area contributed by atoms with Crippen LogP contribution in [0.25, 0.3) is 17.0 Å². The molecule has 9 heteroatoms. The Balaban J connectivity index is 1.56. The third-order valence-corrected chi connectivity index (χ3v) is 6.40. The number of thiazole rings is 1. The van der Waals surface area contributed by atoms with Gasteiger partial charge in [0.05, 0.1) is 23.1 Å². The molecule has 0 radical (unpaired) electrons. The number of rotatable bonds is 4. The molecular weight excluding hydrogens is 401 g/mol. The van der Waals surface area contributed by atoms with Gasteiger partial charge in [-0.15, -0.1) is 11.3 Å². The summed E-state index contributed by atoms with van der Waals surface area (Å²) in [6.07, 6.45) is 7.41. The third kappa shape index (κ3) is 3.43. The average molecular weight is 424 g/mol. The highest BCUT2D eigenvalue weighted by Crippen LogP contribution is 2.29. The van der Waals surface area contributed by atoms with Crippen molar-refractivity contribution in [3.05, 3.63) is 51.6 Å². The second-order valence-electron chi connectivity index (χ2n) is 7.94. The molecule has 0 fully saturated rings. The Hall–Kier alpha value is -2.94. The third-order valence-electron chi connectivity index (χ3n) is 5.36. The van der Waals surface area contributed by atoms with Gasteiger partial charge in [-0.05, 0) is 31.7 Å². The number of hydrogen-bond acceptors (Lipinski definition) is 7. The van der Waals surface area contributed by atoms with Crippen LogP contribution in [0.2, 0.25) is 0 Å². The number of fused-ring (bicyclic) bond motifs is 2. The van der Waals surface area contributed by atoms with Crippen LogP contribution in [0.15, 0.2) is 24.7 Å². The number of halogens is 1. The molecule has 0 saturated carbocycles. The zero-order chi connectivity index (χ0) is 20.8. The monoisotopic (exact) mass is 423 g/mol. The first-order valence-electron chi connectivity index (χ1n) is 10.1. The summed E-state index contributed by atoms with van der Waals surface area (Å²) in [6, 6.07) is 1.63. The van der Waals surface area contributed by atoms with Crippen LogP contribution >= 0.6 is 11.3 Å². The maximum Gasteiger partial charge on any atom is 0.228 e. The maximum absolute atomic E-state index is 13.8. The lowest BCUT2D eigenvalue weighted by Gasteiger charge is -2.23. The van der Waals surface area contributed by atoms with E-state index >= 15 is 0 Å². The molecule has 1 aliphatic rings. The normalized spacial score (nSPS) is 16.2. The number of nitrogens with one attached hydrogen (secondary N) is 1. The fraction of sp³-hybridized carbons (Fsp3) is 0.381. The SMILES string of the molecule is Cc1nc2c(s1)C[C@@H](Nc1nc(-c3cncc(F)c3)nc3c(C(C)C)cnn13)CC2. The number of hydrogen-bond donors (Lipinski definition) is 1. The lowest BCUT2D eigenvalue weighted by Crippen LogP contribution is -2.28. The van der Waals surface area contributed by atoms with Crippen molar-refractivity contribution in [1.82, 2.24) is 29.5 Å². The summed E-state index contributed by atoms with van der Waals surface area (Å²) in [7, 11) is 0. The van der Waals surface area contributed by atoms with Gasteiger partial charge >= 0.3 is 0 Å². The van der Waals surface area contributed by atoms with Crippen molar-refractivity contribution in [2.24, 2.45) is 0 Å². The summed E-state index contributed by atoms with van der Waals surface area (Å²) in [6.45, 7) is 6.25. The van der Waals surface area contributed by atoms with Crippen LogP contribution in [0.1, 0.15) is 47.3 Å². The zero-order valence-electron chi connectivity index (χ0n) is 17.1. The van der Waals surface area contributed by atoms with Crippen LogP contribution in [0.5, 0.6) is 0 Å². The second-order valence-corrected chi connectivity index (χ2v) is 9.23. The molecule has 7 nitrogen and oxygen atoms in total. The van der Waals surface area contributed by atoms with Crippen molar-refractivity contribution < 1.29 is 4.39 Å². The summed E-state index contributed by atoms with van der Waals surface area (Å²) in [5, 5.41) is 9.21. The molecule has 5 rings (SSSR count). The van der Waals surface area contributed by atoms with Gasteiger partial charge in [0, 0.05) is 34.7 Å². The van der Waals surface area contributed by atoms with Crippen molar-refractivity contribution >= 4 is 22.9 Å². The van der Waals surface area contributed by atoms with Crippen molar-refractivity contribution in [2.45, 2.75) is 52.0 Å². The van der Waals surface area contributed by atoms with Crippen molar-refractivity contribution in [3.63, 3.8) is 0 Å². The Kier molecular flexibility index (Phi) is 4.69. The first kappa shape index (κ1) is 19.0. The van der Waals surface area contributed by atoms with E-state index in [1.165, 1.54) is 22.8 Å². The van der Waals surface area contributed by atoms with Crippen LogP contribution < -0.4 is 5.32 Å². The van der Waals surface area contributed by atoms with E-state index in [-0.39, 0.29) is 12.0 Å². The van der Waals surface area contributed by atoms with E-state index in [0.717, 1.165) is 35.5 Å². The van der Waals surface area contributed by atoms with Crippen LogP contribution in [0, 0.1) is 12.7 Å². The molecule has 154 valence electrons. The molecule has 0 spiro atoms. The minimum Gasteiger partial charge on any atom is -0.351 e. The smallest absolute Gasteiger partial charge is 0.228 e. The Labute approximate surface area is 177 Å². The summed E-state index contributed by atoms with van der Waals surface area (Å²) < 4.78 is 15.5. The molecule has 1 atom stereocenters. The molecule has 1 aliphatic carbocycles. The summed E-state index contributed by atoms with van der Waals surface area (Å²) in [5.74, 6) is 0.884. The molecular formula is C21H22FN7S. The fourth-order valence-electron chi connectivity index (χ4n) is 3.87. The van der Waals surface area contributed by atoms with E-state index in [4.69, 9.17) is 9.97 Å². The van der Waals surface area contributed by atoms with E-state index in [1.54, 1.807) is 22.0 Å². The Bertz CT molecular complexity index is 1230. The van der Waals surface area contributed by atoms with Gasteiger partial charge in [-0.2, -0.15) is 14.6 Å². The lowest BCUT2D eigenvalue weighted by atomic mass is 9.98. The van der Waals surface area contributed by atoms with Crippen LogP contribution in [0.3, 0.4) is 0 Å². The lowest BCUT2D eigenvalue weighted by molar-refractivity contribution is 0.601. The summed E-state index contributed by atoms with van der Waals surface area (Å²) in [4.78, 5) is 19.3. The summed E-state index contributed by atoms with van der Waals surface area (Å²) >= 11 is 1.76. The van der Waals surface area contributed by atoms with Gasteiger partial charge in [-0.1, -0.05) is 13.8 Å². The number of anilines is 1. The number of nitrogens with zero attached hydrogens (tertiary/aromatic N) is 6. The molecule has 4 aromatic heterocycles. The molecule has 4 aromatic rings. The van der Waals surface area contributed by atoms with Crippen molar-refractivity contribution in [2.75, 3.05) is 5.32 Å². The molecule has 1 N–H and O–H groups in total. The number of aryl methyl sites for hydroxylation is 2. The summed E-state index contributed by atoms with van der Waals surface area (Å²) in [5.41, 5.74) is 3.51. The van der Waals surface area contributed by atoms with Gasteiger partial charge in [0.1, 0.15) is 5.82 Å². The first-order chi connectivity index (χ1) is 14.5. The first-order valence-corrected chi connectivity index (χ1v) is 10.9. The highest BCUT2D eigenvalue weighted by molar-refractivity contribution is 7.11. The minimum absolute atomic E-state index is 0.223. The molecule has 0 bridgehead atoms. The second kappa shape index (κ2) is 7.39. The van der Waals surface area contributed by atoms with E-state index in [1.807, 2.05) is 6.20 Å². The van der Waals surface area contributed by atoms with Gasteiger partial charge in [-0.25, -0.2) is 14.4 Å². The molecule has 0 amide bonds.